The van der Waals surface area contributed by atoms with Gasteiger partial charge in [0, 0.05) is 10.7 Å². The van der Waals surface area contributed by atoms with Crippen LogP contribution in [0.2, 0.25) is 10.0 Å². The highest BCUT2D eigenvalue weighted by Crippen LogP contribution is 2.36. The number of nitrogens with one attached hydrogen (secondary N) is 2. The Kier molecular flexibility index (Phi) is 5.99. The highest BCUT2D eigenvalue weighted by Gasteiger charge is 2.33. The van der Waals surface area contributed by atoms with E-state index in [0.29, 0.717) is 6.07 Å². The maximum absolute atomic E-state index is 12.8. The lowest BCUT2D eigenvalue weighted by Gasteiger charge is -2.12. The largest absolute Gasteiger partial charge is 0.495 e. The topological polar surface area (TPSA) is 67.4 Å². The number of carbonyl (C=O) groups is 2. The van der Waals surface area contributed by atoms with Gasteiger partial charge in [-0.15, -0.1) is 0 Å². The first-order valence-electron chi connectivity index (χ1n) is 6.94. The lowest BCUT2D eigenvalue weighted by molar-refractivity contribution is -0.137. The molecule has 0 heterocycles. The van der Waals surface area contributed by atoms with Crippen LogP contribution in [0.3, 0.4) is 0 Å². The van der Waals surface area contributed by atoms with E-state index in [1.54, 1.807) is 0 Å². The molecule has 0 radical (unpaired) electrons. The molecule has 2 aromatic rings. The molecule has 0 unspecified atom stereocenters. The molecule has 5 nitrogen and oxygen atoms in total. The van der Waals surface area contributed by atoms with Crippen molar-refractivity contribution in [3.8, 4) is 5.75 Å². The molecule has 0 fully saturated rings. The van der Waals surface area contributed by atoms with Crippen LogP contribution in [0.25, 0.3) is 0 Å². The van der Waals surface area contributed by atoms with Gasteiger partial charge in [-0.1, -0.05) is 23.2 Å². The van der Waals surface area contributed by atoms with Crippen LogP contribution in [-0.2, 0) is 15.8 Å². The summed E-state index contributed by atoms with van der Waals surface area (Å²) in [5.41, 5.74) is -1.24. The standard InChI is InChI=1S/C16H11Cl2F3N2O3/c1-26-13-5-2-8(17)6-12(13)23-15(25)14(24)22-9-3-4-11(18)10(7-9)16(19,20)21/h2-7H,1H3,(H,22,24)(H,23,25). The molecule has 0 saturated carbocycles. The van der Waals surface area contributed by atoms with Gasteiger partial charge in [-0.05, 0) is 36.4 Å². The Hall–Kier alpha value is -2.45. The second-order valence-corrected chi connectivity index (χ2v) is 5.79. The third-order valence-corrected chi connectivity index (χ3v) is 3.71. The summed E-state index contributed by atoms with van der Waals surface area (Å²) in [7, 11) is 1.35. The lowest BCUT2D eigenvalue weighted by atomic mass is 10.2. The molecule has 10 heteroatoms. The molecule has 0 aliphatic rings. The second kappa shape index (κ2) is 7.84. The van der Waals surface area contributed by atoms with Crippen LogP contribution in [0.1, 0.15) is 5.56 Å². The van der Waals surface area contributed by atoms with E-state index in [0.717, 1.165) is 12.1 Å². The Labute approximate surface area is 156 Å². The number of benzene rings is 2. The highest BCUT2D eigenvalue weighted by molar-refractivity contribution is 6.44. The predicted octanol–water partition coefficient (Wildman–Crippen LogP) is 4.60. The lowest BCUT2D eigenvalue weighted by Crippen LogP contribution is -2.29. The van der Waals surface area contributed by atoms with Gasteiger partial charge in [-0.3, -0.25) is 9.59 Å². The van der Waals surface area contributed by atoms with E-state index < -0.39 is 28.6 Å². The number of hydrogen-bond acceptors (Lipinski definition) is 3. The molecule has 0 bridgehead atoms. The van der Waals surface area contributed by atoms with E-state index in [-0.39, 0.29) is 22.1 Å². The minimum absolute atomic E-state index is 0.132. The molecule has 0 spiro atoms. The Balaban J connectivity index is 2.16. The van der Waals surface area contributed by atoms with Crippen LogP contribution in [0.4, 0.5) is 24.5 Å². The van der Waals surface area contributed by atoms with Crippen molar-refractivity contribution in [1.82, 2.24) is 0 Å². The van der Waals surface area contributed by atoms with Crippen molar-refractivity contribution in [3.63, 3.8) is 0 Å². The number of hydrogen-bond donors (Lipinski definition) is 2. The highest BCUT2D eigenvalue weighted by atomic mass is 35.5. The molecular formula is C16H11Cl2F3N2O3. The van der Waals surface area contributed by atoms with Gasteiger partial charge in [0.1, 0.15) is 5.75 Å². The van der Waals surface area contributed by atoms with Crippen LogP contribution in [0, 0.1) is 0 Å². The van der Waals surface area contributed by atoms with Crippen LogP contribution in [0.15, 0.2) is 36.4 Å². The minimum atomic E-state index is -4.70. The molecule has 0 aliphatic carbocycles. The van der Waals surface area contributed by atoms with Crippen molar-refractivity contribution in [2.75, 3.05) is 17.7 Å². The van der Waals surface area contributed by atoms with E-state index in [9.17, 15) is 22.8 Å². The quantitative estimate of drug-likeness (QED) is 0.732. The fraction of sp³-hybridized carbons (Fsp3) is 0.125. The summed E-state index contributed by atoms with van der Waals surface area (Å²) in [6.45, 7) is 0. The Morgan fingerprint density at radius 1 is 1.00 bits per heavy atom. The number of anilines is 2. The van der Waals surface area contributed by atoms with Crippen molar-refractivity contribution < 1.29 is 27.5 Å². The molecule has 26 heavy (non-hydrogen) atoms. The van der Waals surface area contributed by atoms with Crippen LogP contribution in [0.5, 0.6) is 5.75 Å². The summed E-state index contributed by atoms with van der Waals surface area (Å²) in [5.74, 6) is -2.04. The van der Waals surface area contributed by atoms with E-state index >= 15 is 0 Å². The van der Waals surface area contributed by atoms with E-state index in [2.05, 4.69) is 10.6 Å². The van der Waals surface area contributed by atoms with Crippen LogP contribution >= 0.6 is 23.2 Å². The van der Waals surface area contributed by atoms with Crippen LogP contribution in [-0.4, -0.2) is 18.9 Å². The fourth-order valence-corrected chi connectivity index (χ4v) is 2.36. The number of alkyl halides is 3. The van der Waals surface area contributed by atoms with Crippen LogP contribution < -0.4 is 15.4 Å². The summed E-state index contributed by atoms with van der Waals surface area (Å²) in [6.07, 6.45) is -4.70. The maximum Gasteiger partial charge on any atom is 0.417 e. The summed E-state index contributed by atoms with van der Waals surface area (Å²) in [4.78, 5) is 23.9. The Morgan fingerprint density at radius 3 is 2.27 bits per heavy atom. The van der Waals surface area contributed by atoms with Crippen molar-refractivity contribution in [2.45, 2.75) is 6.18 Å². The summed E-state index contributed by atoms with van der Waals surface area (Å²) < 4.78 is 43.5. The Morgan fingerprint density at radius 2 is 1.65 bits per heavy atom. The number of halogens is 5. The molecule has 0 saturated heterocycles. The van der Waals surface area contributed by atoms with Gasteiger partial charge in [-0.2, -0.15) is 13.2 Å². The normalized spacial score (nSPS) is 11.0. The summed E-state index contributed by atoms with van der Waals surface area (Å²) >= 11 is 11.3. The molecule has 2 N–H and O–H groups in total. The zero-order valence-corrected chi connectivity index (χ0v) is 14.6. The van der Waals surface area contributed by atoms with E-state index in [1.165, 1.54) is 25.3 Å². The molecule has 0 atom stereocenters. The summed E-state index contributed by atoms with van der Waals surface area (Å²) in [5, 5.41) is 4.10. The zero-order valence-electron chi connectivity index (χ0n) is 13.1. The third kappa shape index (κ3) is 4.80. The third-order valence-electron chi connectivity index (χ3n) is 3.15. The smallest absolute Gasteiger partial charge is 0.417 e. The first-order chi connectivity index (χ1) is 12.1. The monoisotopic (exact) mass is 406 g/mol. The van der Waals surface area contributed by atoms with Crippen molar-refractivity contribution >= 4 is 46.4 Å². The number of ether oxygens (including phenoxy) is 1. The average Bonchev–Trinajstić information content (AvgIpc) is 2.55. The number of rotatable bonds is 3. The van der Waals surface area contributed by atoms with Gasteiger partial charge < -0.3 is 15.4 Å². The first-order valence-corrected chi connectivity index (χ1v) is 7.70. The van der Waals surface area contributed by atoms with Gasteiger partial charge in [0.2, 0.25) is 0 Å². The van der Waals surface area contributed by atoms with Gasteiger partial charge in [-0.25, -0.2) is 0 Å². The molecule has 2 rings (SSSR count). The van der Waals surface area contributed by atoms with E-state index in [4.69, 9.17) is 27.9 Å². The summed E-state index contributed by atoms with van der Waals surface area (Å²) in [6, 6.07) is 7.09. The number of methoxy groups -OCH3 is 1. The Bertz CT molecular complexity index is 857. The fourth-order valence-electron chi connectivity index (χ4n) is 1.97. The number of carbonyl (C=O) groups excluding carboxylic acids is 2. The SMILES string of the molecule is COc1ccc(Cl)cc1NC(=O)C(=O)Nc1ccc(Cl)c(C(F)(F)F)c1. The molecule has 2 amide bonds. The van der Waals surface area contributed by atoms with Crippen molar-refractivity contribution in [2.24, 2.45) is 0 Å². The van der Waals surface area contributed by atoms with E-state index in [1.807, 2.05) is 0 Å². The van der Waals surface area contributed by atoms with Gasteiger partial charge in [0.05, 0.1) is 23.4 Å². The molecule has 2 aromatic carbocycles. The minimum Gasteiger partial charge on any atom is -0.495 e. The molecule has 0 aromatic heterocycles. The zero-order chi connectivity index (χ0) is 19.5. The van der Waals surface area contributed by atoms with Gasteiger partial charge >= 0.3 is 18.0 Å². The van der Waals surface area contributed by atoms with Gasteiger partial charge in [0.15, 0.2) is 0 Å². The van der Waals surface area contributed by atoms with Crippen molar-refractivity contribution in [3.05, 3.63) is 52.0 Å². The molecule has 0 aliphatic heterocycles. The maximum atomic E-state index is 12.8. The molecule has 138 valence electrons. The number of amides is 2. The van der Waals surface area contributed by atoms with Crippen molar-refractivity contribution in [1.29, 1.82) is 0 Å². The molecular weight excluding hydrogens is 396 g/mol. The average molecular weight is 407 g/mol. The first kappa shape index (κ1) is 19.9. The predicted molar refractivity (Wildman–Crippen MR) is 91.7 cm³/mol. The van der Waals surface area contributed by atoms with Gasteiger partial charge in [0.25, 0.3) is 0 Å². The second-order valence-electron chi connectivity index (χ2n) is 4.95.